The van der Waals surface area contributed by atoms with Gasteiger partial charge in [-0.2, -0.15) is 0 Å². The van der Waals surface area contributed by atoms with Crippen LogP contribution in [0.2, 0.25) is 0 Å². The fourth-order valence-corrected chi connectivity index (χ4v) is 3.08. The summed E-state index contributed by atoms with van der Waals surface area (Å²) in [4.78, 5) is 0. The SMILES string of the molecule is CCOc1ccccc1C1(O)CC(N)c2ccccc21. The molecule has 2 aromatic carbocycles. The Balaban J connectivity index is 2.15. The minimum Gasteiger partial charge on any atom is -0.493 e. The number of fused-ring (bicyclic) bond motifs is 1. The molecule has 104 valence electrons. The molecule has 1 aliphatic rings. The van der Waals surface area contributed by atoms with Crippen LogP contribution < -0.4 is 10.5 Å². The van der Waals surface area contributed by atoms with Gasteiger partial charge in [0.2, 0.25) is 0 Å². The van der Waals surface area contributed by atoms with Crippen LogP contribution >= 0.6 is 0 Å². The summed E-state index contributed by atoms with van der Waals surface area (Å²) in [7, 11) is 0. The van der Waals surface area contributed by atoms with Gasteiger partial charge in [-0.05, 0) is 24.1 Å². The van der Waals surface area contributed by atoms with E-state index in [0.717, 1.165) is 22.4 Å². The predicted octanol–water partition coefficient (Wildman–Crippen LogP) is 2.72. The highest BCUT2D eigenvalue weighted by Gasteiger charge is 2.43. The molecule has 2 aromatic rings. The number of benzene rings is 2. The van der Waals surface area contributed by atoms with Gasteiger partial charge in [0, 0.05) is 18.0 Å². The lowest BCUT2D eigenvalue weighted by Gasteiger charge is -2.27. The Morgan fingerprint density at radius 3 is 2.55 bits per heavy atom. The second-order valence-corrected chi connectivity index (χ2v) is 5.19. The van der Waals surface area contributed by atoms with Crippen molar-refractivity contribution in [1.29, 1.82) is 0 Å². The summed E-state index contributed by atoms with van der Waals surface area (Å²) in [6, 6.07) is 15.3. The van der Waals surface area contributed by atoms with Crippen LogP contribution in [-0.4, -0.2) is 11.7 Å². The number of ether oxygens (including phenoxy) is 1. The first-order chi connectivity index (χ1) is 9.66. The van der Waals surface area contributed by atoms with E-state index in [4.69, 9.17) is 10.5 Å². The van der Waals surface area contributed by atoms with Crippen LogP contribution in [-0.2, 0) is 5.60 Å². The average Bonchev–Trinajstić information content (AvgIpc) is 2.73. The fraction of sp³-hybridized carbons (Fsp3) is 0.294. The van der Waals surface area contributed by atoms with E-state index in [-0.39, 0.29) is 6.04 Å². The van der Waals surface area contributed by atoms with Gasteiger partial charge in [0.25, 0.3) is 0 Å². The Kier molecular flexibility index (Phi) is 3.24. The normalized spacial score (nSPS) is 24.4. The Hall–Kier alpha value is -1.84. The van der Waals surface area contributed by atoms with Crippen molar-refractivity contribution in [2.45, 2.75) is 25.0 Å². The van der Waals surface area contributed by atoms with E-state index in [9.17, 15) is 5.11 Å². The molecule has 3 nitrogen and oxygen atoms in total. The van der Waals surface area contributed by atoms with Crippen molar-refractivity contribution in [2.24, 2.45) is 5.73 Å². The van der Waals surface area contributed by atoms with E-state index in [1.54, 1.807) is 0 Å². The smallest absolute Gasteiger partial charge is 0.125 e. The zero-order valence-electron chi connectivity index (χ0n) is 11.5. The third-order valence-corrected chi connectivity index (χ3v) is 3.95. The molecule has 0 bridgehead atoms. The summed E-state index contributed by atoms with van der Waals surface area (Å²) < 4.78 is 5.66. The summed E-state index contributed by atoms with van der Waals surface area (Å²) in [6.07, 6.45) is 0.483. The highest BCUT2D eigenvalue weighted by Crippen LogP contribution is 2.48. The maximum absolute atomic E-state index is 11.2. The number of hydrogen-bond acceptors (Lipinski definition) is 3. The van der Waals surface area contributed by atoms with Gasteiger partial charge in [-0.25, -0.2) is 0 Å². The first-order valence-corrected chi connectivity index (χ1v) is 6.96. The quantitative estimate of drug-likeness (QED) is 0.900. The molecule has 1 aliphatic carbocycles. The van der Waals surface area contributed by atoms with Crippen molar-refractivity contribution in [2.75, 3.05) is 6.61 Å². The zero-order chi connectivity index (χ0) is 14.2. The molecular formula is C17H19NO2. The molecule has 3 heteroatoms. The van der Waals surface area contributed by atoms with Crippen LogP contribution in [0.4, 0.5) is 0 Å². The van der Waals surface area contributed by atoms with Crippen LogP contribution in [0.15, 0.2) is 48.5 Å². The highest BCUT2D eigenvalue weighted by atomic mass is 16.5. The van der Waals surface area contributed by atoms with Gasteiger partial charge < -0.3 is 15.6 Å². The molecule has 0 aromatic heterocycles. The van der Waals surface area contributed by atoms with Gasteiger partial charge in [0.05, 0.1) is 6.61 Å². The molecule has 20 heavy (non-hydrogen) atoms. The number of rotatable bonds is 3. The Morgan fingerprint density at radius 1 is 1.15 bits per heavy atom. The zero-order valence-corrected chi connectivity index (χ0v) is 11.5. The lowest BCUT2D eigenvalue weighted by atomic mass is 9.87. The van der Waals surface area contributed by atoms with Crippen molar-refractivity contribution >= 4 is 0 Å². The number of para-hydroxylation sites is 1. The second kappa shape index (κ2) is 4.93. The molecule has 3 N–H and O–H groups in total. The number of nitrogens with two attached hydrogens (primary N) is 1. The molecule has 0 saturated heterocycles. The molecule has 0 saturated carbocycles. The van der Waals surface area contributed by atoms with E-state index in [2.05, 4.69) is 0 Å². The average molecular weight is 269 g/mol. The molecule has 0 heterocycles. The van der Waals surface area contributed by atoms with Crippen molar-refractivity contribution in [3.63, 3.8) is 0 Å². The van der Waals surface area contributed by atoms with Gasteiger partial charge in [-0.15, -0.1) is 0 Å². The van der Waals surface area contributed by atoms with E-state index in [1.807, 2.05) is 55.5 Å². The minimum absolute atomic E-state index is 0.147. The minimum atomic E-state index is -1.07. The third kappa shape index (κ3) is 1.90. The van der Waals surface area contributed by atoms with Crippen molar-refractivity contribution in [1.82, 2.24) is 0 Å². The van der Waals surface area contributed by atoms with Crippen LogP contribution in [0.3, 0.4) is 0 Å². The van der Waals surface area contributed by atoms with Crippen LogP contribution in [0, 0.1) is 0 Å². The number of aliphatic hydroxyl groups is 1. The summed E-state index contributed by atoms with van der Waals surface area (Å²) >= 11 is 0. The van der Waals surface area contributed by atoms with Crippen LogP contribution in [0.1, 0.15) is 36.1 Å². The van der Waals surface area contributed by atoms with Gasteiger partial charge in [-0.1, -0.05) is 42.5 Å². The predicted molar refractivity (Wildman–Crippen MR) is 78.6 cm³/mol. The second-order valence-electron chi connectivity index (χ2n) is 5.19. The summed E-state index contributed by atoms with van der Waals surface area (Å²) in [6.45, 7) is 2.51. The third-order valence-electron chi connectivity index (χ3n) is 3.95. The summed E-state index contributed by atoms with van der Waals surface area (Å²) in [5.74, 6) is 0.724. The largest absolute Gasteiger partial charge is 0.493 e. The highest BCUT2D eigenvalue weighted by molar-refractivity contribution is 5.51. The topological polar surface area (TPSA) is 55.5 Å². The molecule has 3 rings (SSSR count). The lowest BCUT2D eigenvalue weighted by Crippen LogP contribution is -2.26. The molecule has 0 amide bonds. The Labute approximate surface area is 119 Å². The molecule has 0 fully saturated rings. The van der Waals surface area contributed by atoms with Gasteiger partial charge in [0.15, 0.2) is 0 Å². The van der Waals surface area contributed by atoms with E-state index in [1.165, 1.54) is 0 Å². The summed E-state index contributed by atoms with van der Waals surface area (Å²) in [5, 5.41) is 11.2. The molecule has 2 unspecified atom stereocenters. The first kappa shape index (κ1) is 13.2. The fourth-order valence-electron chi connectivity index (χ4n) is 3.08. The van der Waals surface area contributed by atoms with Crippen LogP contribution in [0.5, 0.6) is 5.75 Å². The molecule has 0 spiro atoms. The van der Waals surface area contributed by atoms with Crippen molar-refractivity contribution < 1.29 is 9.84 Å². The van der Waals surface area contributed by atoms with Crippen molar-refractivity contribution in [3.05, 3.63) is 65.2 Å². The first-order valence-electron chi connectivity index (χ1n) is 6.96. The number of hydrogen-bond donors (Lipinski definition) is 2. The van der Waals surface area contributed by atoms with Crippen molar-refractivity contribution in [3.8, 4) is 5.75 Å². The maximum atomic E-state index is 11.2. The van der Waals surface area contributed by atoms with E-state index >= 15 is 0 Å². The van der Waals surface area contributed by atoms with E-state index in [0.29, 0.717) is 13.0 Å². The standard InChI is InChI=1S/C17H19NO2/c1-2-20-16-10-6-5-9-14(16)17(19)11-15(18)12-7-3-4-8-13(12)17/h3-10,15,19H,2,11,18H2,1H3. The molecule has 0 aliphatic heterocycles. The van der Waals surface area contributed by atoms with Gasteiger partial charge >= 0.3 is 0 Å². The Bertz CT molecular complexity index is 626. The van der Waals surface area contributed by atoms with Gasteiger partial charge in [-0.3, -0.25) is 0 Å². The molecule has 2 atom stereocenters. The van der Waals surface area contributed by atoms with Crippen LogP contribution in [0.25, 0.3) is 0 Å². The van der Waals surface area contributed by atoms with E-state index < -0.39 is 5.60 Å². The molecular weight excluding hydrogens is 250 g/mol. The monoisotopic (exact) mass is 269 g/mol. The molecule has 0 radical (unpaired) electrons. The Morgan fingerprint density at radius 2 is 1.80 bits per heavy atom. The summed E-state index contributed by atoms with van der Waals surface area (Å²) in [5.41, 5.74) is 7.81. The lowest BCUT2D eigenvalue weighted by molar-refractivity contribution is 0.0741. The van der Waals surface area contributed by atoms with Gasteiger partial charge in [0.1, 0.15) is 11.4 Å². The maximum Gasteiger partial charge on any atom is 0.125 e.